The van der Waals surface area contributed by atoms with Gasteiger partial charge in [-0.15, -0.1) is 11.0 Å². The Morgan fingerprint density at radius 3 is 3.00 bits per heavy atom. The summed E-state index contributed by atoms with van der Waals surface area (Å²) in [4.78, 5) is 0. The van der Waals surface area contributed by atoms with Crippen LogP contribution in [-0.4, -0.2) is 19.6 Å². The Kier molecular flexibility index (Phi) is 2.70. The zero-order chi connectivity index (χ0) is 7.40. The highest BCUT2D eigenvalue weighted by molar-refractivity contribution is 7.99. The summed E-state index contributed by atoms with van der Waals surface area (Å²) < 4.78 is 7.45. The summed E-state index contributed by atoms with van der Waals surface area (Å²) in [5.41, 5.74) is 0. The smallest absolute Gasteiger partial charge is 0.257 e. The molecule has 0 aliphatic rings. The van der Waals surface area contributed by atoms with Crippen molar-refractivity contribution in [2.75, 3.05) is 5.75 Å². The number of aromatic nitrogens is 2. The maximum absolute atomic E-state index is 8.96. The monoisotopic (exact) mass is 174 g/mol. The van der Waals surface area contributed by atoms with Gasteiger partial charge in [0.15, 0.2) is 5.03 Å². The van der Waals surface area contributed by atoms with E-state index in [0.29, 0.717) is 5.03 Å². The summed E-state index contributed by atoms with van der Waals surface area (Å²) in [6, 6.07) is 0. The minimum atomic E-state index is 0.0249. The lowest BCUT2D eigenvalue weighted by Crippen LogP contribution is -1.72. The summed E-state index contributed by atoms with van der Waals surface area (Å²) >= 11 is 2.43. The highest BCUT2D eigenvalue weighted by atomic mass is 32.2. The van der Waals surface area contributed by atoms with Gasteiger partial charge in [-0.3, -0.25) is 0 Å². The molecular weight excluding hydrogens is 168 g/mol. The third kappa shape index (κ3) is 1.71. The molecule has 0 radical (unpaired) electrons. The van der Waals surface area contributed by atoms with E-state index in [1.807, 2.05) is 0 Å². The van der Waals surface area contributed by atoms with E-state index >= 15 is 0 Å². The molecule has 0 fully saturated rings. The van der Waals surface area contributed by atoms with Gasteiger partial charge in [-0.2, -0.15) is 4.37 Å². The predicted octanol–water partition coefficient (Wildman–Crippen LogP) is 1.52. The van der Waals surface area contributed by atoms with Crippen molar-refractivity contribution in [2.45, 2.75) is 5.03 Å². The van der Waals surface area contributed by atoms with Gasteiger partial charge < -0.3 is 5.11 Å². The molecule has 0 saturated carbocycles. The minimum absolute atomic E-state index is 0.0249. The highest BCUT2D eigenvalue weighted by Crippen LogP contribution is 2.24. The van der Waals surface area contributed by atoms with Crippen molar-refractivity contribution in [1.29, 1.82) is 0 Å². The van der Waals surface area contributed by atoms with Crippen LogP contribution in [0.3, 0.4) is 0 Å². The average molecular weight is 174 g/mol. The summed E-state index contributed by atoms with van der Waals surface area (Å²) in [6.07, 6.45) is 1.75. The number of aromatic hydroxyl groups is 1. The molecule has 0 amide bonds. The second-order valence-corrected chi connectivity index (χ2v) is 3.03. The normalized spacial score (nSPS) is 9.60. The fraction of sp³-hybridized carbons (Fsp3) is 0.200. The molecule has 0 aliphatic carbocycles. The van der Waals surface area contributed by atoms with E-state index in [1.54, 1.807) is 6.08 Å². The van der Waals surface area contributed by atoms with Gasteiger partial charge in [-0.05, 0) is 0 Å². The van der Waals surface area contributed by atoms with Crippen LogP contribution in [-0.2, 0) is 0 Å². The van der Waals surface area contributed by atoms with E-state index in [1.165, 1.54) is 11.8 Å². The zero-order valence-corrected chi connectivity index (χ0v) is 6.78. The molecule has 1 N–H and O–H groups in total. The Morgan fingerprint density at radius 1 is 1.70 bits per heavy atom. The first kappa shape index (κ1) is 7.56. The van der Waals surface area contributed by atoms with Crippen molar-refractivity contribution in [3.8, 4) is 5.88 Å². The second kappa shape index (κ2) is 3.58. The average Bonchev–Trinajstić information content (AvgIpc) is 2.31. The Balaban J connectivity index is 2.56. The maximum atomic E-state index is 8.96. The molecule has 1 aromatic heterocycles. The molecule has 0 spiro atoms. The molecule has 3 nitrogen and oxygen atoms in total. The van der Waals surface area contributed by atoms with E-state index in [0.717, 1.165) is 17.5 Å². The van der Waals surface area contributed by atoms with Crippen LogP contribution in [0.5, 0.6) is 5.88 Å². The first-order chi connectivity index (χ1) is 4.84. The van der Waals surface area contributed by atoms with Gasteiger partial charge in [0.1, 0.15) is 0 Å². The molecule has 1 aromatic rings. The molecule has 0 atom stereocenters. The number of rotatable bonds is 3. The number of nitrogens with zero attached hydrogens (tertiary/aromatic N) is 2. The molecular formula is C5H6N2OS2. The standard InChI is InChI=1S/C5H6N2OS2/c1-2-3-9-5-4(8)6-10-7-5/h2H,1,3H2,(H,6,8). The van der Waals surface area contributed by atoms with Crippen LogP contribution in [0.1, 0.15) is 0 Å². The molecule has 0 saturated heterocycles. The second-order valence-electron chi connectivity index (χ2n) is 1.49. The molecule has 0 aromatic carbocycles. The largest absolute Gasteiger partial charge is 0.491 e. The van der Waals surface area contributed by atoms with Crippen molar-refractivity contribution < 1.29 is 5.11 Å². The predicted molar refractivity (Wildman–Crippen MR) is 42.5 cm³/mol. The van der Waals surface area contributed by atoms with Gasteiger partial charge >= 0.3 is 0 Å². The fourth-order valence-corrected chi connectivity index (χ4v) is 1.58. The van der Waals surface area contributed by atoms with Crippen LogP contribution in [0.4, 0.5) is 0 Å². The van der Waals surface area contributed by atoms with E-state index in [4.69, 9.17) is 5.11 Å². The summed E-state index contributed by atoms with van der Waals surface area (Å²) in [6.45, 7) is 3.54. The lowest BCUT2D eigenvalue weighted by atomic mass is 10.8. The van der Waals surface area contributed by atoms with Gasteiger partial charge in [0, 0.05) is 5.75 Å². The molecule has 1 rings (SSSR count). The quantitative estimate of drug-likeness (QED) is 0.557. The Morgan fingerprint density at radius 2 is 2.50 bits per heavy atom. The van der Waals surface area contributed by atoms with E-state index in [9.17, 15) is 0 Å². The van der Waals surface area contributed by atoms with Gasteiger partial charge in [0.25, 0.3) is 5.88 Å². The van der Waals surface area contributed by atoms with Crippen molar-refractivity contribution in [3.63, 3.8) is 0 Å². The van der Waals surface area contributed by atoms with Gasteiger partial charge in [0.05, 0.1) is 11.7 Å². The fourth-order valence-electron chi connectivity index (χ4n) is 0.405. The topological polar surface area (TPSA) is 46.0 Å². The van der Waals surface area contributed by atoms with Gasteiger partial charge in [-0.25, -0.2) is 0 Å². The van der Waals surface area contributed by atoms with Gasteiger partial charge in [-0.1, -0.05) is 17.8 Å². The SMILES string of the molecule is C=CCSc1nsnc1O. The van der Waals surface area contributed by atoms with E-state index in [2.05, 4.69) is 15.3 Å². The zero-order valence-electron chi connectivity index (χ0n) is 5.15. The molecule has 0 bridgehead atoms. The first-order valence-electron chi connectivity index (χ1n) is 2.60. The highest BCUT2D eigenvalue weighted by Gasteiger charge is 2.03. The van der Waals surface area contributed by atoms with Crippen LogP contribution in [0.15, 0.2) is 17.7 Å². The molecule has 1 heterocycles. The Labute approximate surface area is 67.1 Å². The third-order valence-corrected chi connectivity index (χ3v) is 2.36. The van der Waals surface area contributed by atoms with Crippen molar-refractivity contribution in [1.82, 2.24) is 8.75 Å². The van der Waals surface area contributed by atoms with Crippen molar-refractivity contribution >= 4 is 23.5 Å². The molecule has 0 unspecified atom stereocenters. The van der Waals surface area contributed by atoms with Crippen molar-refractivity contribution in [3.05, 3.63) is 12.7 Å². The van der Waals surface area contributed by atoms with Crippen LogP contribution < -0.4 is 0 Å². The first-order valence-corrected chi connectivity index (χ1v) is 4.31. The lowest BCUT2D eigenvalue weighted by molar-refractivity contribution is 0.444. The number of hydrogen-bond acceptors (Lipinski definition) is 5. The molecule has 5 heteroatoms. The maximum Gasteiger partial charge on any atom is 0.257 e. The van der Waals surface area contributed by atoms with Crippen molar-refractivity contribution in [2.24, 2.45) is 0 Å². The third-order valence-electron chi connectivity index (χ3n) is 0.780. The van der Waals surface area contributed by atoms with E-state index in [-0.39, 0.29) is 5.88 Å². The number of thioether (sulfide) groups is 1. The van der Waals surface area contributed by atoms with Crippen LogP contribution >= 0.6 is 23.5 Å². The number of hydrogen-bond donors (Lipinski definition) is 1. The minimum Gasteiger partial charge on any atom is -0.491 e. The summed E-state index contributed by atoms with van der Waals surface area (Å²) in [5.74, 6) is 0.774. The molecule has 0 aliphatic heterocycles. The molecule has 10 heavy (non-hydrogen) atoms. The van der Waals surface area contributed by atoms with E-state index < -0.39 is 0 Å². The van der Waals surface area contributed by atoms with Crippen LogP contribution in [0.25, 0.3) is 0 Å². The lowest BCUT2D eigenvalue weighted by Gasteiger charge is -1.88. The van der Waals surface area contributed by atoms with Crippen LogP contribution in [0, 0.1) is 0 Å². The van der Waals surface area contributed by atoms with Gasteiger partial charge in [0.2, 0.25) is 0 Å². The summed E-state index contributed by atoms with van der Waals surface area (Å²) in [7, 11) is 0. The Bertz CT molecular complexity index is 223. The molecule has 54 valence electrons. The van der Waals surface area contributed by atoms with Crippen LogP contribution in [0.2, 0.25) is 0 Å². The Hall–Kier alpha value is -0.550. The summed E-state index contributed by atoms with van der Waals surface area (Å²) in [5, 5.41) is 9.55.